The molecular formula is C16H18N2O2S. The lowest BCUT2D eigenvalue weighted by Crippen LogP contribution is -2.28. The lowest BCUT2D eigenvalue weighted by molar-refractivity contribution is 0.251. The highest BCUT2D eigenvalue weighted by molar-refractivity contribution is 7.98. The maximum absolute atomic E-state index is 11.8. The van der Waals surface area contributed by atoms with Crippen LogP contribution in [0.15, 0.2) is 53.4 Å². The molecule has 0 saturated carbocycles. The number of nitrogens with one attached hydrogen (secondary N) is 2. The van der Waals surface area contributed by atoms with Crippen molar-refractivity contribution in [1.82, 2.24) is 5.32 Å². The Morgan fingerprint density at radius 1 is 1.10 bits per heavy atom. The van der Waals surface area contributed by atoms with E-state index in [0.717, 1.165) is 17.0 Å². The van der Waals surface area contributed by atoms with Gasteiger partial charge in [0.25, 0.3) is 0 Å². The molecule has 0 aromatic heterocycles. The first-order chi connectivity index (χ1) is 10.2. The number of methoxy groups -OCH3 is 1. The van der Waals surface area contributed by atoms with Crippen LogP contribution >= 0.6 is 11.8 Å². The molecule has 0 unspecified atom stereocenters. The minimum Gasteiger partial charge on any atom is -0.497 e. The molecule has 2 aromatic rings. The summed E-state index contributed by atoms with van der Waals surface area (Å²) in [6.07, 6.45) is 2.02. The Labute approximate surface area is 128 Å². The van der Waals surface area contributed by atoms with Gasteiger partial charge in [-0.3, -0.25) is 0 Å². The number of anilines is 1. The van der Waals surface area contributed by atoms with Gasteiger partial charge in [-0.25, -0.2) is 4.79 Å². The van der Waals surface area contributed by atoms with E-state index >= 15 is 0 Å². The minimum atomic E-state index is -0.220. The third kappa shape index (κ3) is 4.72. The first kappa shape index (κ1) is 15.3. The van der Waals surface area contributed by atoms with Crippen molar-refractivity contribution >= 4 is 23.5 Å². The Bertz CT molecular complexity index is 582. The Morgan fingerprint density at radius 3 is 2.33 bits per heavy atom. The molecular weight excluding hydrogens is 284 g/mol. The van der Waals surface area contributed by atoms with Gasteiger partial charge in [-0.1, -0.05) is 12.1 Å². The molecule has 0 saturated heterocycles. The number of ether oxygens (including phenoxy) is 1. The molecule has 110 valence electrons. The molecule has 0 aliphatic carbocycles. The topological polar surface area (TPSA) is 50.4 Å². The van der Waals surface area contributed by atoms with Gasteiger partial charge in [0.2, 0.25) is 0 Å². The van der Waals surface area contributed by atoms with Crippen molar-refractivity contribution in [3.05, 3.63) is 54.1 Å². The molecule has 2 aromatic carbocycles. The van der Waals surface area contributed by atoms with E-state index in [4.69, 9.17) is 4.74 Å². The van der Waals surface area contributed by atoms with Crippen LogP contribution < -0.4 is 15.4 Å². The van der Waals surface area contributed by atoms with Gasteiger partial charge in [0, 0.05) is 17.1 Å². The van der Waals surface area contributed by atoms with E-state index < -0.39 is 0 Å². The van der Waals surface area contributed by atoms with E-state index in [1.54, 1.807) is 18.9 Å². The molecule has 0 aliphatic rings. The molecule has 2 amide bonds. The summed E-state index contributed by atoms with van der Waals surface area (Å²) in [5.41, 5.74) is 1.80. The van der Waals surface area contributed by atoms with Gasteiger partial charge in [-0.05, 0) is 48.2 Å². The number of hydrogen-bond acceptors (Lipinski definition) is 3. The van der Waals surface area contributed by atoms with Gasteiger partial charge in [-0.2, -0.15) is 0 Å². The fourth-order valence-electron chi connectivity index (χ4n) is 1.78. The Kier molecular flexibility index (Phi) is 5.51. The molecule has 5 heteroatoms. The van der Waals surface area contributed by atoms with Crippen LogP contribution in [-0.4, -0.2) is 19.4 Å². The summed E-state index contributed by atoms with van der Waals surface area (Å²) in [6.45, 7) is 0.471. The van der Waals surface area contributed by atoms with Crippen LogP contribution in [0.2, 0.25) is 0 Å². The first-order valence-corrected chi connectivity index (χ1v) is 7.75. The summed E-state index contributed by atoms with van der Waals surface area (Å²) < 4.78 is 5.09. The summed E-state index contributed by atoms with van der Waals surface area (Å²) in [4.78, 5) is 13.0. The van der Waals surface area contributed by atoms with E-state index in [-0.39, 0.29) is 6.03 Å². The molecule has 21 heavy (non-hydrogen) atoms. The second-order valence-electron chi connectivity index (χ2n) is 4.38. The highest BCUT2D eigenvalue weighted by Crippen LogP contribution is 2.17. The van der Waals surface area contributed by atoms with E-state index in [0.29, 0.717) is 6.54 Å². The smallest absolute Gasteiger partial charge is 0.319 e. The maximum Gasteiger partial charge on any atom is 0.319 e. The Hall–Kier alpha value is -2.14. The van der Waals surface area contributed by atoms with E-state index in [2.05, 4.69) is 10.6 Å². The summed E-state index contributed by atoms with van der Waals surface area (Å²) in [5, 5.41) is 5.62. The SMILES string of the molecule is COc1ccc(CNC(=O)Nc2ccc(SC)cc2)cc1. The number of hydrogen-bond donors (Lipinski definition) is 2. The molecule has 0 bridgehead atoms. The number of thioether (sulfide) groups is 1. The van der Waals surface area contributed by atoms with Gasteiger partial charge < -0.3 is 15.4 Å². The number of amides is 2. The van der Waals surface area contributed by atoms with Crippen LogP contribution in [0.4, 0.5) is 10.5 Å². The molecule has 0 aliphatic heterocycles. The zero-order chi connectivity index (χ0) is 15.1. The summed E-state index contributed by atoms with van der Waals surface area (Å²) in [7, 11) is 1.63. The standard InChI is InChI=1S/C16H18N2O2S/c1-20-14-7-3-12(4-8-14)11-17-16(19)18-13-5-9-15(21-2)10-6-13/h3-10H,11H2,1-2H3,(H2,17,18,19). The van der Waals surface area contributed by atoms with Gasteiger partial charge in [0.1, 0.15) is 5.75 Å². The average molecular weight is 302 g/mol. The monoisotopic (exact) mass is 302 g/mol. The van der Waals surface area contributed by atoms with E-state index in [9.17, 15) is 4.79 Å². The fourth-order valence-corrected chi connectivity index (χ4v) is 2.18. The van der Waals surface area contributed by atoms with Crippen LogP contribution in [0.5, 0.6) is 5.75 Å². The Morgan fingerprint density at radius 2 is 1.76 bits per heavy atom. The largest absolute Gasteiger partial charge is 0.497 e. The van der Waals surface area contributed by atoms with Crippen molar-refractivity contribution in [2.24, 2.45) is 0 Å². The van der Waals surface area contributed by atoms with Crippen molar-refractivity contribution in [1.29, 1.82) is 0 Å². The van der Waals surface area contributed by atoms with Crippen LogP contribution in [0.1, 0.15) is 5.56 Å². The summed E-state index contributed by atoms with van der Waals surface area (Å²) >= 11 is 1.67. The highest BCUT2D eigenvalue weighted by Gasteiger charge is 2.02. The normalized spacial score (nSPS) is 10.0. The maximum atomic E-state index is 11.8. The third-order valence-corrected chi connectivity index (χ3v) is 3.70. The molecule has 0 atom stereocenters. The predicted octanol–water partition coefficient (Wildman–Crippen LogP) is 3.74. The number of rotatable bonds is 5. The highest BCUT2D eigenvalue weighted by atomic mass is 32.2. The lowest BCUT2D eigenvalue weighted by Gasteiger charge is -2.08. The molecule has 0 heterocycles. The van der Waals surface area contributed by atoms with Crippen molar-refractivity contribution in [2.75, 3.05) is 18.7 Å². The van der Waals surface area contributed by atoms with E-state index in [1.807, 2.05) is 54.8 Å². The predicted molar refractivity (Wildman–Crippen MR) is 87.1 cm³/mol. The zero-order valence-electron chi connectivity index (χ0n) is 12.1. The second-order valence-corrected chi connectivity index (χ2v) is 5.26. The average Bonchev–Trinajstić information content (AvgIpc) is 2.54. The van der Waals surface area contributed by atoms with E-state index in [1.165, 1.54) is 4.90 Å². The van der Waals surface area contributed by atoms with Crippen LogP contribution in [0.3, 0.4) is 0 Å². The zero-order valence-corrected chi connectivity index (χ0v) is 12.9. The fraction of sp³-hybridized carbons (Fsp3) is 0.188. The Balaban J connectivity index is 1.83. The number of urea groups is 1. The van der Waals surface area contributed by atoms with Gasteiger partial charge in [0.05, 0.1) is 7.11 Å². The lowest BCUT2D eigenvalue weighted by atomic mass is 10.2. The molecule has 4 nitrogen and oxygen atoms in total. The number of carbonyl (C=O) groups is 1. The van der Waals surface area contributed by atoms with Crippen molar-refractivity contribution in [2.45, 2.75) is 11.4 Å². The quantitative estimate of drug-likeness (QED) is 0.827. The van der Waals surface area contributed by atoms with Crippen molar-refractivity contribution < 1.29 is 9.53 Å². The van der Waals surface area contributed by atoms with Crippen molar-refractivity contribution in [3.63, 3.8) is 0 Å². The molecule has 2 N–H and O–H groups in total. The summed E-state index contributed by atoms with van der Waals surface area (Å²) in [6, 6.07) is 15.1. The number of carbonyl (C=O) groups excluding carboxylic acids is 1. The van der Waals surface area contributed by atoms with Crippen LogP contribution in [-0.2, 0) is 6.54 Å². The minimum absolute atomic E-state index is 0.220. The van der Waals surface area contributed by atoms with Crippen molar-refractivity contribution in [3.8, 4) is 5.75 Å². The first-order valence-electron chi connectivity index (χ1n) is 6.53. The number of benzene rings is 2. The third-order valence-electron chi connectivity index (χ3n) is 2.96. The summed E-state index contributed by atoms with van der Waals surface area (Å²) in [5.74, 6) is 0.803. The molecule has 0 radical (unpaired) electrons. The van der Waals surface area contributed by atoms with Crippen LogP contribution in [0, 0.1) is 0 Å². The van der Waals surface area contributed by atoms with Gasteiger partial charge >= 0.3 is 6.03 Å². The molecule has 2 rings (SSSR count). The second kappa shape index (κ2) is 7.59. The van der Waals surface area contributed by atoms with Gasteiger partial charge in [0.15, 0.2) is 0 Å². The molecule has 0 fully saturated rings. The van der Waals surface area contributed by atoms with Gasteiger partial charge in [-0.15, -0.1) is 11.8 Å². The van der Waals surface area contributed by atoms with Crippen LogP contribution in [0.25, 0.3) is 0 Å². The molecule has 0 spiro atoms.